The van der Waals surface area contributed by atoms with E-state index in [2.05, 4.69) is 5.32 Å². The van der Waals surface area contributed by atoms with Gasteiger partial charge in [-0.3, -0.25) is 9.59 Å². The summed E-state index contributed by atoms with van der Waals surface area (Å²) in [6.45, 7) is 0. The van der Waals surface area contributed by atoms with Gasteiger partial charge in [0.05, 0.1) is 5.56 Å². The van der Waals surface area contributed by atoms with E-state index in [9.17, 15) is 22.8 Å². The number of carbonyl (C=O) groups is 2. The zero-order chi connectivity index (χ0) is 19.4. The van der Waals surface area contributed by atoms with Gasteiger partial charge in [0.25, 0.3) is 5.91 Å². The smallest absolute Gasteiger partial charge is 0.322 e. The number of nitrogens with one attached hydrogen (secondary N) is 1. The summed E-state index contributed by atoms with van der Waals surface area (Å²) in [6.07, 6.45) is -4.45. The summed E-state index contributed by atoms with van der Waals surface area (Å²) in [7, 11) is 0. The molecule has 0 fully saturated rings. The van der Waals surface area contributed by atoms with Gasteiger partial charge in [-0.25, -0.2) is 0 Å². The van der Waals surface area contributed by atoms with E-state index >= 15 is 0 Å². The van der Waals surface area contributed by atoms with Gasteiger partial charge < -0.3 is 5.32 Å². The van der Waals surface area contributed by atoms with Crippen LogP contribution < -0.4 is 5.32 Å². The Bertz CT molecular complexity index is 947. The zero-order valence-corrected chi connectivity index (χ0v) is 14.0. The number of hydrogen-bond acceptors (Lipinski definition) is 2. The maximum absolute atomic E-state index is 12.6. The molecular formula is C21H14F3NO2. The molecule has 0 saturated carbocycles. The van der Waals surface area contributed by atoms with E-state index in [0.29, 0.717) is 16.8 Å². The van der Waals surface area contributed by atoms with Crippen molar-refractivity contribution in [3.05, 3.63) is 101 Å². The van der Waals surface area contributed by atoms with Crippen molar-refractivity contribution in [2.75, 3.05) is 5.32 Å². The Kier molecular flexibility index (Phi) is 5.07. The fourth-order valence-electron chi connectivity index (χ4n) is 2.47. The Morgan fingerprint density at radius 3 is 1.74 bits per heavy atom. The molecule has 0 aliphatic carbocycles. The van der Waals surface area contributed by atoms with Gasteiger partial charge in [0.2, 0.25) is 0 Å². The van der Waals surface area contributed by atoms with E-state index in [4.69, 9.17) is 0 Å². The van der Waals surface area contributed by atoms with Crippen LogP contribution in [0.1, 0.15) is 31.8 Å². The molecule has 0 aromatic heterocycles. The third kappa shape index (κ3) is 4.41. The van der Waals surface area contributed by atoms with Gasteiger partial charge in [0.15, 0.2) is 5.78 Å². The Balaban J connectivity index is 1.69. The summed E-state index contributed by atoms with van der Waals surface area (Å²) in [5.74, 6) is -0.679. The summed E-state index contributed by atoms with van der Waals surface area (Å²) in [5, 5.41) is 2.59. The third-order valence-corrected chi connectivity index (χ3v) is 3.92. The molecule has 0 aliphatic heterocycles. The van der Waals surface area contributed by atoms with Gasteiger partial charge in [0.1, 0.15) is 0 Å². The SMILES string of the molecule is O=C(Nc1ccc(C(=O)c2ccccc2)cc1)c1ccc(C(F)(F)F)cc1. The van der Waals surface area contributed by atoms with Gasteiger partial charge in [-0.15, -0.1) is 0 Å². The monoisotopic (exact) mass is 369 g/mol. The standard InChI is InChI=1S/C21H14F3NO2/c22-21(23,24)17-10-6-16(7-11-17)20(27)25-18-12-8-15(9-13-18)19(26)14-4-2-1-3-5-14/h1-13H,(H,25,27). The van der Waals surface area contributed by atoms with Crippen molar-refractivity contribution in [1.29, 1.82) is 0 Å². The first kappa shape index (κ1) is 18.4. The molecule has 0 spiro atoms. The minimum atomic E-state index is -4.45. The lowest BCUT2D eigenvalue weighted by atomic mass is 10.0. The Labute approximate surface area is 153 Å². The second-order valence-electron chi connectivity index (χ2n) is 5.80. The number of alkyl halides is 3. The van der Waals surface area contributed by atoms with Crippen molar-refractivity contribution in [3.8, 4) is 0 Å². The van der Waals surface area contributed by atoms with Crippen LogP contribution in [-0.2, 0) is 6.18 Å². The maximum atomic E-state index is 12.6. The second-order valence-corrected chi connectivity index (χ2v) is 5.80. The van der Waals surface area contributed by atoms with Crippen LogP contribution in [-0.4, -0.2) is 11.7 Å². The maximum Gasteiger partial charge on any atom is 0.416 e. The Morgan fingerprint density at radius 1 is 0.667 bits per heavy atom. The topological polar surface area (TPSA) is 46.2 Å². The Hall–Kier alpha value is -3.41. The number of rotatable bonds is 4. The van der Waals surface area contributed by atoms with Crippen molar-refractivity contribution < 1.29 is 22.8 Å². The van der Waals surface area contributed by atoms with Crippen LogP contribution >= 0.6 is 0 Å². The summed E-state index contributed by atoms with van der Waals surface area (Å²) in [5.41, 5.74) is 0.743. The minimum absolute atomic E-state index is 0.104. The van der Waals surface area contributed by atoms with Crippen LogP contribution in [0.2, 0.25) is 0 Å². The fraction of sp³-hybridized carbons (Fsp3) is 0.0476. The first-order chi connectivity index (χ1) is 12.8. The third-order valence-electron chi connectivity index (χ3n) is 3.92. The molecule has 0 aliphatic rings. The highest BCUT2D eigenvalue weighted by Crippen LogP contribution is 2.29. The molecule has 1 N–H and O–H groups in total. The lowest BCUT2D eigenvalue weighted by Gasteiger charge is -2.09. The van der Waals surface area contributed by atoms with Crippen LogP contribution in [0.25, 0.3) is 0 Å². The normalized spacial score (nSPS) is 11.1. The van der Waals surface area contributed by atoms with E-state index in [1.54, 1.807) is 48.5 Å². The fourth-order valence-corrected chi connectivity index (χ4v) is 2.47. The average Bonchev–Trinajstić information content (AvgIpc) is 2.68. The van der Waals surface area contributed by atoms with E-state index in [1.165, 1.54) is 0 Å². The van der Waals surface area contributed by atoms with Gasteiger partial charge in [0, 0.05) is 22.4 Å². The zero-order valence-electron chi connectivity index (χ0n) is 14.0. The summed E-state index contributed by atoms with van der Waals surface area (Å²) in [4.78, 5) is 24.5. The quantitative estimate of drug-likeness (QED) is 0.644. The largest absolute Gasteiger partial charge is 0.416 e. The molecule has 1 amide bonds. The molecule has 3 aromatic carbocycles. The van der Waals surface area contributed by atoms with E-state index < -0.39 is 17.6 Å². The number of hydrogen-bond donors (Lipinski definition) is 1. The highest BCUT2D eigenvalue weighted by Gasteiger charge is 2.30. The van der Waals surface area contributed by atoms with Crippen LogP contribution in [0.5, 0.6) is 0 Å². The molecule has 136 valence electrons. The molecule has 27 heavy (non-hydrogen) atoms. The molecule has 0 saturated heterocycles. The highest BCUT2D eigenvalue weighted by molar-refractivity contribution is 6.09. The van der Waals surface area contributed by atoms with E-state index in [1.807, 2.05) is 6.07 Å². The van der Waals surface area contributed by atoms with Gasteiger partial charge in [-0.1, -0.05) is 30.3 Å². The predicted octanol–water partition coefficient (Wildman–Crippen LogP) is 5.19. The number of carbonyl (C=O) groups excluding carboxylic acids is 2. The summed E-state index contributed by atoms with van der Waals surface area (Å²) < 4.78 is 37.7. The van der Waals surface area contributed by atoms with E-state index in [0.717, 1.165) is 24.3 Å². The minimum Gasteiger partial charge on any atom is -0.322 e. The molecule has 0 atom stereocenters. The van der Waals surface area contributed by atoms with Gasteiger partial charge >= 0.3 is 6.18 Å². The molecule has 0 radical (unpaired) electrons. The summed E-state index contributed by atoms with van der Waals surface area (Å²) in [6, 6.07) is 19.0. The molecule has 0 heterocycles. The number of ketones is 1. The van der Waals surface area contributed by atoms with Crippen LogP contribution in [0, 0.1) is 0 Å². The van der Waals surface area contributed by atoms with E-state index in [-0.39, 0.29) is 11.3 Å². The molecular weight excluding hydrogens is 355 g/mol. The van der Waals surface area contributed by atoms with Crippen LogP contribution in [0.15, 0.2) is 78.9 Å². The van der Waals surface area contributed by atoms with Crippen molar-refractivity contribution in [3.63, 3.8) is 0 Å². The highest BCUT2D eigenvalue weighted by atomic mass is 19.4. The average molecular weight is 369 g/mol. The van der Waals surface area contributed by atoms with Crippen LogP contribution in [0.4, 0.5) is 18.9 Å². The molecule has 3 rings (SSSR count). The Morgan fingerprint density at radius 2 is 1.19 bits per heavy atom. The molecule has 3 aromatic rings. The van der Waals surface area contributed by atoms with Gasteiger partial charge in [-0.05, 0) is 48.5 Å². The molecule has 3 nitrogen and oxygen atoms in total. The van der Waals surface area contributed by atoms with Gasteiger partial charge in [-0.2, -0.15) is 13.2 Å². The molecule has 6 heteroatoms. The van der Waals surface area contributed by atoms with Crippen molar-refractivity contribution in [2.24, 2.45) is 0 Å². The number of amides is 1. The number of halogens is 3. The number of benzene rings is 3. The predicted molar refractivity (Wildman–Crippen MR) is 95.7 cm³/mol. The molecule has 0 bridgehead atoms. The van der Waals surface area contributed by atoms with Crippen molar-refractivity contribution in [2.45, 2.75) is 6.18 Å². The first-order valence-electron chi connectivity index (χ1n) is 8.03. The van der Waals surface area contributed by atoms with Crippen molar-refractivity contribution in [1.82, 2.24) is 0 Å². The second kappa shape index (κ2) is 7.45. The number of anilines is 1. The van der Waals surface area contributed by atoms with Crippen LogP contribution in [0.3, 0.4) is 0 Å². The lowest BCUT2D eigenvalue weighted by Crippen LogP contribution is -2.13. The lowest BCUT2D eigenvalue weighted by molar-refractivity contribution is -0.137. The van der Waals surface area contributed by atoms with Crippen molar-refractivity contribution >= 4 is 17.4 Å². The molecule has 0 unspecified atom stereocenters. The summed E-state index contributed by atoms with van der Waals surface area (Å²) >= 11 is 0. The first-order valence-corrected chi connectivity index (χ1v) is 8.03.